The molecule has 0 aliphatic rings. The van der Waals surface area contributed by atoms with Gasteiger partial charge in [-0.15, -0.1) is 0 Å². The maximum Gasteiger partial charge on any atom is 0.221 e. The number of carbonyl (C=O) groups is 1. The zero-order valence-corrected chi connectivity index (χ0v) is 15.5. The Balaban J connectivity index is 1.51. The summed E-state index contributed by atoms with van der Waals surface area (Å²) in [5, 5.41) is 2.87. The van der Waals surface area contributed by atoms with Gasteiger partial charge in [0.25, 0.3) is 0 Å². The van der Waals surface area contributed by atoms with Gasteiger partial charge in [0.2, 0.25) is 5.91 Å². The summed E-state index contributed by atoms with van der Waals surface area (Å²) >= 11 is 0. The molecule has 0 fully saturated rings. The van der Waals surface area contributed by atoms with Crippen molar-refractivity contribution in [3.8, 4) is 17.6 Å². The first kappa shape index (κ1) is 19.2. The van der Waals surface area contributed by atoms with Crippen molar-refractivity contribution in [2.24, 2.45) is 0 Å². The highest BCUT2D eigenvalue weighted by Crippen LogP contribution is 2.27. The summed E-state index contributed by atoms with van der Waals surface area (Å²) in [6, 6.07) is 23.8. The number of hydrogen-bond donors (Lipinski definition) is 1. The number of benzene rings is 2. The smallest absolute Gasteiger partial charge is 0.221 e. The Bertz CT molecular complexity index is 877. The van der Waals surface area contributed by atoms with Crippen molar-refractivity contribution in [1.82, 2.24) is 10.3 Å². The normalized spacial score (nSPS) is 10.0. The van der Waals surface area contributed by atoms with E-state index in [2.05, 4.69) is 46.4 Å². The summed E-state index contributed by atoms with van der Waals surface area (Å²) in [6.45, 7) is 0.559. The number of amides is 1. The molecule has 0 atom stereocenters. The number of nitrogens with one attached hydrogen (secondary N) is 1. The molecule has 0 unspecified atom stereocenters. The van der Waals surface area contributed by atoms with Crippen LogP contribution in [0.15, 0.2) is 85.2 Å². The number of nitrogens with zero attached hydrogens (tertiary/aromatic N) is 1. The van der Waals surface area contributed by atoms with E-state index in [0.29, 0.717) is 18.7 Å². The molecular weight excluding hydrogens is 348 g/mol. The molecule has 0 aliphatic heterocycles. The lowest BCUT2D eigenvalue weighted by molar-refractivity contribution is -0.121. The van der Waals surface area contributed by atoms with Crippen molar-refractivity contribution >= 4 is 5.91 Å². The van der Waals surface area contributed by atoms with Crippen LogP contribution in [0.1, 0.15) is 23.5 Å². The lowest BCUT2D eigenvalue weighted by Crippen LogP contribution is -2.25. The third kappa shape index (κ3) is 6.00. The van der Waals surface area contributed by atoms with Crippen molar-refractivity contribution in [3.63, 3.8) is 0 Å². The Labute approximate surface area is 165 Å². The Kier molecular flexibility index (Phi) is 7.22. The molecule has 1 N–H and O–H groups in total. The van der Waals surface area contributed by atoms with Crippen molar-refractivity contribution in [2.75, 3.05) is 13.2 Å². The first-order valence-corrected chi connectivity index (χ1v) is 9.18. The van der Waals surface area contributed by atoms with Gasteiger partial charge in [-0.3, -0.25) is 9.78 Å². The minimum atomic E-state index is -0.0276. The minimum absolute atomic E-state index is 0.0178. The van der Waals surface area contributed by atoms with Gasteiger partial charge in [0.05, 0.1) is 12.7 Å². The summed E-state index contributed by atoms with van der Waals surface area (Å²) in [5.41, 5.74) is 2.25. The second-order valence-electron chi connectivity index (χ2n) is 6.19. The highest BCUT2D eigenvalue weighted by molar-refractivity contribution is 5.77. The topological polar surface area (TPSA) is 51.2 Å². The van der Waals surface area contributed by atoms with Crippen molar-refractivity contribution in [1.29, 1.82) is 0 Å². The van der Waals surface area contributed by atoms with Crippen LogP contribution in [0.4, 0.5) is 0 Å². The molecule has 1 aromatic heterocycles. The van der Waals surface area contributed by atoms with E-state index >= 15 is 0 Å². The second-order valence-corrected chi connectivity index (χ2v) is 6.19. The van der Waals surface area contributed by atoms with Crippen LogP contribution in [0.2, 0.25) is 0 Å². The van der Waals surface area contributed by atoms with Gasteiger partial charge in [-0.25, -0.2) is 0 Å². The van der Waals surface area contributed by atoms with Gasteiger partial charge in [0, 0.05) is 18.5 Å². The molecule has 1 amide bonds. The van der Waals surface area contributed by atoms with Gasteiger partial charge in [0.15, 0.2) is 0 Å². The van der Waals surface area contributed by atoms with E-state index in [4.69, 9.17) is 4.74 Å². The van der Waals surface area contributed by atoms with Gasteiger partial charge in [-0.05, 0) is 23.3 Å². The van der Waals surface area contributed by atoms with Gasteiger partial charge >= 0.3 is 0 Å². The molecule has 0 spiro atoms. The zero-order chi connectivity index (χ0) is 19.4. The standard InChI is InChI=1S/C24H22N2O2/c27-24(26-16-7-8-17-28-22-14-9-15-25-19-22)18-23(20-10-3-1-4-11-20)21-12-5-2-6-13-21/h1-6,9-15,19,23H,16-18H2,(H,26,27). The average Bonchev–Trinajstić information content (AvgIpc) is 2.76. The molecular formula is C24H22N2O2. The van der Waals surface area contributed by atoms with Crippen molar-refractivity contribution in [3.05, 3.63) is 96.3 Å². The molecule has 0 aliphatic carbocycles. The van der Waals surface area contributed by atoms with Crippen LogP contribution in [0, 0.1) is 11.8 Å². The van der Waals surface area contributed by atoms with Crippen LogP contribution < -0.4 is 10.1 Å². The fourth-order valence-corrected chi connectivity index (χ4v) is 2.86. The fraction of sp³-hybridized carbons (Fsp3) is 0.167. The average molecular weight is 370 g/mol. The van der Waals surface area contributed by atoms with E-state index in [0.717, 1.165) is 11.1 Å². The zero-order valence-electron chi connectivity index (χ0n) is 15.5. The predicted octanol–water partition coefficient (Wildman–Crippen LogP) is 3.80. The Morgan fingerprint density at radius 2 is 1.61 bits per heavy atom. The molecule has 28 heavy (non-hydrogen) atoms. The number of aromatic nitrogens is 1. The molecule has 2 aromatic carbocycles. The third-order valence-corrected chi connectivity index (χ3v) is 4.24. The third-order valence-electron chi connectivity index (χ3n) is 4.24. The molecule has 0 bridgehead atoms. The molecule has 140 valence electrons. The maximum atomic E-state index is 12.4. The molecule has 4 heteroatoms. The number of ether oxygens (including phenoxy) is 1. The van der Waals surface area contributed by atoms with Crippen molar-refractivity contribution < 1.29 is 9.53 Å². The first-order chi connectivity index (χ1) is 13.8. The van der Waals surface area contributed by atoms with Crippen LogP contribution in [0.3, 0.4) is 0 Å². The van der Waals surface area contributed by atoms with Gasteiger partial charge in [0.1, 0.15) is 12.4 Å². The molecule has 4 nitrogen and oxygen atoms in total. The summed E-state index contributed by atoms with van der Waals surface area (Å²) in [5.74, 6) is 6.47. The van der Waals surface area contributed by atoms with E-state index in [1.165, 1.54) is 0 Å². The molecule has 0 saturated heterocycles. The molecule has 3 rings (SSSR count). The van der Waals surface area contributed by atoms with Gasteiger partial charge in [-0.2, -0.15) is 0 Å². The summed E-state index contributed by atoms with van der Waals surface area (Å²) in [4.78, 5) is 16.4. The molecule has 0 radical (unpaired) electrons. The Morgan fingerprint density at radius 3 is 2.21 bits per heavy atom. The van der Waals surface area contributed by atoms with Gasteiger partial charge in [-0.1, -0.05) is 72.5 Å². The lowest BCUT2D eigenvalue weighted by Gasteiger charge is -2.17. The molecule has 3 aromatic rings. The summed E-state index contributed by atoms with van der Waals surface area (Å²) < 4.78 is 5.44. The second kappa shape index (κ2) is 10.5. The molecule has 1 heterocycles. The highest BCUT2D eigenvalue weighted by atomic mass is 16.5. The SMILES string of the molecule is O=C(CC(c1ccccc1)c1ccccc1)NCC#CCOc1cccnc1. The number of pyridine rings is 1. The van der Waals surface area contributed by atoms with E-state index < -0.39 is 0 Å². The van der Waals surface area contributed by atoms with Gasteiger partial charge < -0.3 is 10.1 Å². The largest absolute Gasteiger partial charge is 0.479 e. The first-order valence-electron chi connectivity index (χ1n) is 9.18. The predicted molar refractivity (Wildman–Crippen MR) is 110 cm³/mol. The van der Waals surface area contributed by atoms with Crippen LogP contribution in [-0.2, 0) is 4.79 Å². The van der Waals surface area contributed by atoms with Crippen LogP contribution >= 0.6 is 0 Å². The van der Waals surface area contributed by atoms with E-state index in [-0.39, 0.29) is 18.4 Å². The van der Waals surface area contributed by atoms with E-state index in [1.54, 1.807) is 18.5 Å². The summed E-state index contributed by atoms with van der Waals surface area (Å²) in [7, 11) is 0. The number of hydrogen-bond acceptors (Lipinski definition) is 3. The number of carbonyl (C=O) groups excluding carboxylic acids is 1. The van der Waals surface area contributed by atoms with Crippen LogP contribution in [0.5, 0.6) is 5.75 Å². The Hall–Kier alpha value is -3.58. The minimum Gasteiger partial charge on any atom is -0.479 e. The maximum absolute atomic E-state index is 12.4. The monoisotopic (exact) mass is 370 g/mol. The summed E-state index contributed by atoms with van der Waals surface area (Å²) in [6.07, 6.45) is 3.70. The van der Waals surface area contributed by atoms with Crippen LogP contribution in [0.25, 0.3) is 0 Å². The molecule has 0 saturated carbocycles. The lowest BCUT2D eigenvalue weighted by atomic mass is 9.88. The quantitative estimate of drug-likeness (QED) is 0.644. The Morgan fingerprint density at radius 1 is 0.929 bits per heavy atom. The highest BCUT2D eigenvalue weighted by Gasteiger charge is 2.17. The van der Waals surface area contributed by atoms with Crippen molar-refractivity contribution in [2.45, 2.75) is 12.3 Å². The van der Waals surface area contributed by atoms with E-state index in [1.807, 2.05) is 42.5 Å². The van der Waals surface area contributed by atoms with Crippen LogP contribution in [-0.4, -0.2) is 24.0 Å². The van der Waals surface area contributed by atoms with E-state index in [9.17, 15) is 4.79 Å². The number of rotatable bonds is 7. The fourth-order valence-electron chi connectivity index (χ4n) is 2.86.